The van der Waals surface area contributed by atoms with Gasteiger partial charge in [-0.25, -0.2) is 4.99 Å². The van der Waals surface area contributed by atoms with Crippen LogP contribution in [0.5, 0.6) is 5.75 Å². The van der Waals surface area contributed by atoms with E-state index in [0.717, 1.165) is 25.4 Å². The van der Waals surface area contributed by atoms with Gasteiger partial charge in [-0.1, -0.05) is 17.7 Å². The van der Waals surface area contributed by atoms with E-state index < -0.39 is 0 Å². The van der Waals surface area contributed by atoms with E-state index in [1.54, 1.807) is 0 Å². The maximum Gasteiger partial charge on any atom is 0.224 e. The maximum absolute atomic E-state index is 12.0. The minimum absolute atomic E-state index is 0. The first-order valence-electron chi connectivity index (χ1n) is 9.53. The lowest BCUT2D eigenvalue weighted by Gasteiger charge is -2.19. The smallest absolute Gasteiger partial charge is 0.224 e. The molecule has 27 heavy (non-hydrogen) atoms. The lowest BCUT2D eigenvalue weighted by molar-refractivity contribution is -0.130. The molecule has 0 spiro atoms. The molecule has 1 rings (SSSR count). The molecule has 0 saturated carbocycles. The predicted octanol–water partition coefficient (Wildman–Crippen LogP) is 3.19. The summed E-state index contributed by atoms with van der Waals surface area (Å²) in [4.78, 5) is 18.4. The molecule has 0 aliphatic rings. The SMILES string of the molecule is CCNC(=NCC(C)Oc1ccc(C)cc1)NCCC(=O)N(CC)CC.I. The Bertz CT molecular complexity index is 560. The number of hydrogen-bond donors (Lipinski definition) is 2. The molecule has 0 aromatic heterocycles. The monoisotopic (exact) mass is 490 g/mol. The van der Waals surface area contributed by atoms with Gasteiger partial charge in [-0.05, 0) is 46.8 Å². The van der Waals surface area contributed by atoms with Gasteiger partial charge in [0.2, 0.25) is 5.91 Å². The van der Waals surface area contributed by atoms with E-state index >= 15 is 0 Å². The third-order valence-corrected chi connectivity index (χ3v) is 3.96. The van der Waals surface area contributed by atoms with Gasteiger partial charge in [-0.15, -0.1) is 24.0 Å². The molecule has 154 valence electrons. The molecular formula is C20H35IN4O2. The molecule has 0 bridgehead atoms. The van der Waals surface area contributed by atoms with Gasteiger partial charge in [-0.2, -0.15) is 0 Å². The van der Waals surface area contributed by atoms with Gasteiger partial charge in [-0.3, -0.25) is 4.79 Å². The second-order valence-electron chi connectivity index (χ2n) is 6.20. The summed E-state index contributed by atoms with van der Waals surface area (Å²) in [5.74, 6) is 1.72. The Labute approximate surface area is 181 Å². The van der Waals surface area contributed by atoms with Gasteiger partial charge in [0.15, 0.2) is 5.96 Å². The van der Waals surface area contributed by atoms with Gasteiger partial charge in [0.05, 0.1) is 6.54 Å². The topological polar surface area (TPSA) is 66.0 Å². The van der Waals surface area contributed by atoms with E-state index in [4.69, 9.17) is 4.74 Å². The van der Waals surface area contributed by atoms with Gasteiger partial charge >= 0.3 is 0 Å². The van der Waals surface area contributed by atoms with Crippen molar-refractivity contribution in [2.24, 2.45) is 4.99 Å². The second kappa shape index (κ2) is 14.5. The van der Waals surface area contributed by atoms with Crippen LogP contribution in [-0.4, -0.2) is 55.6 Å². The number of nitrogens with zero attached hydrogens (tertiary/aromatic N) is 2. The lowest BCUT2D eigenvalue weighted by atomic mass is 10.2. The fourth-order valence-electron chi connectivity index (χ4n) is 2.47. The van der Waals surface area contributed by atoms with Crippen LogP contribution in [-0.2, 0) is 4.79 Å². The van der Waals surface area contributed by atoms with Crippen molar-refractivity contribution in [1.29, 1.82) is 0 Å². The number of ether oxygens (including phenoxy) is 1. The van der Waals surface area contributed by atoms with E-state index in [-0.39, 0.29) is 36.0 Å². The van der Waals surface area contributed by atoms with Crippen LogP contribution in [0.4, 0.5) is 0 Å². The number of benzene rings is 1. The molecule has 1 atom stereocenters. The van der Waals surface area contributed by atoms with Crippen LogP contribution >= 0.6 is 24.0 Å². The van der Waals surface area contributed by atoms with Crippen molar-refractivity contribution in [1.82, 2.24) is 15.5 Å². The van der Waals surface area contributed by atoms with Crippen molar-refractivity contribution in [2.45, 2.75) is 47.1 Å². The molecule has 0 aliphatic heterocycles. The fraction of sp³-hybridized carbons (Fsp3) is 0.600. The lowest BCUT2D eigenvalue weighted by Crippen LogP contribution is -2.40. The normalized spacial score (nSPS) is 12.0. The molecule has 0 radical (unpaired) electrons. The van der Waals surface area contributed by atoms with Crippen LogP contribution in [0, 0.1) is 6.92 Å². The quantitative estimate of drug-likeness (QED) is 0.301. The van der Waals surface area contributed by atoms with Gasteiger partial charge in [0.1, 0.15) is 11.9 Å². The highest BCUT2D eigenvalue weighted by atomic mass is 127. The number of carbonyl (C=O) groups excluding carboxylic acids is 1. The average molecular weight is 490 g/mol. The first-order chi connectivity index (χ1) is 12.5. The molecule has 0 heterocycles. The van der Waals surface area contributed by atoms with Crippen molar-refractivity contribution in [3.05, 3.63) is 29.8 Å². The zero-order valence-corrected chi connectivity index (χ0v) is 19.6. The summed E-state index contributed by atoms with van der Waals surface area (Å²) < 4.78 is 5.88. The molecule has 1 aromatic rings. The van der Waals surface area contributed by atoms with Crippen molar-refractivity contribution < 1.29 is 9.53 Å². The summed E-state index contributed by atoms with van der Waals surface area (Å²) in [6.45, 7) is 13.4. The largest absolute Gasteiger partial charge is 0.489 e. The summed E-state index contributed by atoms with van der Waals surface area (Å²) in [5.41, 5.74) is 1.21. The maximum atomic E-state index is 12.0. The number of aryl methyl sites for hydroxylation is 1. The van der Waals surface area contributed by atoms with Crippen molar-refractivity contribution in [3.63, 3.8) is 0 Å². The summed E-state index contributed by atoms with van der Waals surface area (Å²) >= 11 is 0. The third kappa shape index (κ3) is 10.4. The minimum atomic E-state index is -0.0366. The van der Waals surface area contributed by atoms with E-state index in [1.165, 1.54) is 5.56 Å². The Morgan fingerprint density at radius 1 is 1.15 bits per heavy atom. The van der Waals surface area contributed by atoms with E-state index in [9.17, 15) is 4.79 Å². The molecule has 2 N–H and O–H groups in total. The number of halogens is 1. The minimum Gasteiger partial charge on any atom is -0.489 e. The highest BCUT2D eigenvalue weighted by molar-refractivity contribution is 14.0. The highest BCUT2D eigenvalue weighted by Crippen LogP contribution is 2.13. The summed E-state index contributed by atoms with van der Waals surface area (Å²) in [5, 5.41) is 6.42. The average Bonchev–Trinajstić information content (AvgIpc) is 2.62. The highest BCUT2D eigenvalue weighted by Gasteiger charge is 2.09. The number of nitrogens with one attached hydrogen (secondary N) is 2. The van der Waals surface area contributed by atoms with Crippen LogP contribution in [0.3, 0.4) is 0 Å². The molecule has 0 aliphatic carbocycles. The van der Waals surface area contributed by atoms with Crippen molar-refractivity contribution in [3.8, 4) is 5.75 Å². The van der Waals surface area contributed by atoms with Gasteiger partial charge in [0, 0.05) is 32.6 Å². The van der Waals surface area contributed by atoms with Crippen LogP contribution in [0.1, 0.15) is 39.7 Å². The Kier molecular flexibility index (Phi) is 13.7. The van der Waals surface area contributed by atoms with Crippen LogP contribution in [0.25, 0.3) is 0 Å². The Hall–Kier alpha value is -1.51. The number of amides is 1. The first-order valence-corrected chi connectivity index (χ1v) is 9.53. The van der Waals surface area contributed by atoms with Crippen molar-refractivity contribution >= 4 is 35.8 Å². The predicted molar refractivity (Wildman–Crippen MR) is 123 cm³/mol. The van der Waals surface area contributed by atoms with Gasteiger partial charge < -0.3 is 20.3 Å². The summed E-state index contributed by atoms with van der Waals surface area (Å²) in [6.07, 6.45) is 0.423. The zero-order valence-electron chi connectivity index (χ0n) is 17.2. The second-order valence-corrected chi connectivity index (χ2v) is 6.20. The molecular weight excluding hydrogens is 455 g/mol. The fourth-order valence-corrected chi connectivity index (χ4v) is 2.47. The molecule has 0 saturated heterocycles. The Morgan fingerprint density at radius 2 is 1.78 bits per heavy atom. The Morgan fingerprint density at radius 3 is 2.33 bits per heavy atom. The molecule has 1 unspecified atom stereocenters. The van der Waals surface area contributed by atoms with Crippen molar-refractivity contribution in [2.75, 3.05) is 32.7 Å². The van der Waals surface area contributed by atoms with Crippen LogP contribution in [0.2, 0.25) is 0 Å². The van der Waals surface area contributed by atoms with E-state index in [0.29, 0.717) is 25.5 Å². The van der Waals surface area contributed by atoms with E-state index in [2.05, 4.69) is 22.5 Å². The van der Waals surface area contributed by atoms with Crippen LogP contribution in [0.15, 0.2) is 29.3 Å². The van der Waals surface area contributed by atoms with Gasteiger partial charge in [0.25, 0.3) is 0 Å². The molecule has 7 heteroatoms. The zero-order chi connectivity index (χ0) is 19.4. The summed E-state index contributed by atoms with van der Waals surface area (Å²) in [7, 11) is 0. The third-order valence-electron chi connectivity index (χ3n) is 3.96. The molecule has 6 nitrogen and oxygen atoms in total. The first kappa shape index (κ1) is 25.5. The number of aliphatic imine (C=N–C) groups is 1. The number of hydrogen-bond acceptors (Lipinski definition) is 3. The Balaban J connectivity index is 0.00000676. The number of guanidine groups is 1. The molecule has 0 fully saturated rings. The molecule has 1 amide bonds. The van der Waals surface area contributed by atoms with Crippen LogP contribution < -0.4 is 15.4 Å². The molecule has 1 aromatic carbocycles. The summed E-state index contributed by atoms with van der Waals surface area (Å²) in [6, 6.07) is 8.00. The standard InChI is InChI=1S/C20H34N4O2.HI/c1-6-21-20(22-14-13-19(25)24(7-2)8-3)23-15-17(5)26-18-11-9-16(4)10-12-18;/h9-12,17H,6-8,13-15H2,1-5H3,(H2,21,22,23);1H. The number of carbonyl (C=O) groups is 1. The number of rotatable bonds is 10. The van der Waals surface area contributed by atoms with E-state index in [1.807, 2.05) is 56.9 Å².